The molecule has 0 radical (unpaired) electrons. The van der Waals surface area contributed by atoms with E-state index in [1.54, 1.807) is 7.11 Å². The average Bonchev–Trinajstić information content (AvgIpc) is 2.89. The quantitative estimate of drug-likeness (QED) is 0.683. The summed E-state index contributed by atoms with van der Waals surface area (Å²) in [5.41, 5.74) is 2.70. The minimum atomic E-state index is -1.89. The van der Waals surface area contributed by atoms with Gasteiger partial charge in [-0.3, -0.25) is 0 Å². The van der Waals surface area contributed by atoms with Crippen LogP contribution in [0.1, 0.15) is 53.5 Å². The normalized spacial score (nSPS) is 14.2. The Balaban J connectivity index is 2.42. The van der Waals surface area contributed by atoms with Crippen LogP contribution in [0.4, 0.5) is 0 Å². The van der Waals surface area contributed by atoms with Crippen molar-refractivity contribution >= 4 is 3.81 Å². The third-order valence-electron chi connectivity index (χ3n) is 4.10. The van der Waals surface area contributed by atoms with E-state index in [4.69, 9.17) is 8.06 Å². The van der Waals surface area contributed by atoms with Crippen LogP contribution in [-0.2, 0) is 23.2 Å². The number of allylic oxidation sites excluding steroid dienone is 4. The Morgan fingerprint density at radius 2 is 1.74 bits per heavy atom. The van der Waals surface area contributed by atoms with Crippen LogP contribution < -0.4 is 8.06 Å². The summed E-state index contributed by atoms with van der Waals surface area (Å²) in [5, 5.41) is 0. The van der Waals surface area contributed by atoms with Crippen molar-refractivity contribution in [3.63, 3.8) is 0 Å². The van der Waals surface area contributed by atoms with Crippen LogP contribution in [0.15, 0.2) is 39.8 Å². The Hall–Kier alpha value is -1.12. The van der Waals surface area contributed by atoms with Gasteiger partial charge in [0.1, 0.15) is 0 Å². The first-order valence-corrected chi connectivity index (χ1v) is 10.3. The first-order chi connectivity index (χ1) is 10.7. The Morgan fingerprint density at radius 1 is 1.09 bits per heavy atom. The van der Waals surface area contributed by atoms with Crippen molar-refractivity contribution in [1.82, 2.24) is 0 Å². The second kappa shape index (κ2) is 7.19. The number of methoxy groups -OCH3 is 1. The van der Waals surface area contributed by atoms with Gasteiger partial charge in [0.05, 0.1) is 0 Å². The van der Waals surface area contributed by atoms with Crippen LogP contribution in [-0.4, -0.2) is 10.9 Å². The second-order valence-electron chi connectivity index (χ2n) is 7.35. The third kappa shape index (κ3) is 4.46. The maximum absolute atomic E-state index is 6.56. The first-order valence-electron chi connectivity index (χ1n) is 8.14. The van der Waals surface area contributed by atoms with Gasteiger partial charge in [-0.15, -0.1) is 0 Å². The van der Waals surface area contributed by atoms with E-state index in [1.807, 2.05) is 6.07 Å². The van der Waals surface area contributed by atoms with Crippen molar-refractivity contribution < 1.29 is 25.9 Å². The summed E-state index contributed by atoms with van der Waals surface area (Å²) in [5.74, 6) is 1.81. The Kier molecular flexibility index (Phi) is 5.70. The molecule has 2 rings (SSSR count). The van der Waals surface area contributed by atoms with Crippen LogP contribution >= 0.6 is 0 Å². The van der Waals surface area contributed by atoms with Crippen molar-refractivity contribution in [3.05, 3.63) is 45.4 Å². The predicted molar refractivity (Wildman–Crippen MR) is 95.1 cm³/mol. The molecule has 1 aromatic rings. The molecule has 0 bridgehead atoms. The first kappa shape index (κ1) is 18.2. The molecule has 0 N–H and O–H groups in total. The summed E-state index contributed by atoms with van der Waals surface area (Å²) < 4.78 is 15.0. The fourth-order valence-corrected chi connectivity index (χ4v) is 5.82. The van der Waals surface area contributed by atoms with Crippen LogP contribution in [0.25, 0.3) is 0 Å². The fraction of sp³-hybridized carbons (Fsp3) is 0.450. The number of ether oxygens (including phenoxy) is 1. The van der Waals surface area contributed by atoms with Gasteiger partial charge in [0, 0.05) is 0 Å². The van der Waals surface area contributed by atoms with E-state index in [0.29, 0.717) is 0 Å². The zero-order valence-electron chi connectivity index (χ0n) is 15.4. The topological polar surface area (TPSA) is 18.5 Å². The Morgan fingerprint density at radius 3 is 2.22 bits per heavy atom. The molecule has 2 nitrogen and oxygen atoms in total. The molecule has 0 heterocycles. The van der Waals surface area contributed by atoms with Crippen LogP contribution in [0, 0.1) is 0 Å². The van der Waals surface area contributed by atoms with Gasteiger partial charge < -0.3 is 0 Å². The van der Waals surface area contributed by atoms with Gasteiger partial charge in [-0.2, -0.15) is 0 Å². The summed E-state index contributed by atoms with van der Waals surface area (Å²) in [6, 6.07) is 6.30. The van der Waals surface area contributed by atoms with Gasteiger partial charge >= 0.3 is 147 Å². The van der Waals surface area contributed by atoms with E-state index in [1.165, 1.54) is 18.8 Å². The van der Waals surface area contributed by atoms with Crippen molar-refractivity contribution in [1.29, 1.82) is 0 Å². The van der Waals surface area contributed by atoms with E-state index in [-0.39, 0.29) is 5.41 Å². The van der Waals surface area contributed by atoms with Gasteiger partial charge in [0.2, 0.25) is 0 Å². The standard InChI is InChI=1S/C11H16O2.C6H7.C3H6.Ti/c1-11(2,3)8-5-9(12)7-10(6-8)13-4;1-6-4-2-3-5-6;1-3-2;/h5-7,12H,1-4H3;2,4H,3H2,1H3;1-2H3;/q;;;+1/p-1. The van der Waals surface area contributed by atoms with Crippen LogP contribution in [0.2, 0.25) is 0 Å². The molecular formula is C20H28O2Ti. The number of hydrogen-bond acceptors (Lipinski definition) is 2. The monoisotopic (exact) mass is 348 g/mol. The SMILES string of the molecule is COc1cc([O][Ti]([C]2=C(C)C=CC2)=[C](C)C)cc(C(C)(C)C)c1. The number of benzene rings is 1. The summed E-state index contributed by atoms with van der Waals surface area (Å²) in [7, 11) is 1.72. The molecule has 0 spiro atoms. The molecule has 23 heavy (non-hydrogen) atoms. The fourth-order valence-electron chi connectivity index (χ4n) is 2.65. The average molecular weight is 348 g/mol. The van der Waals surface area contributed by atoms with Crippen molar-refractivity contribution in [2.24, 2.45) is 0 Å². The van der Waals surface area contributed by atoms with Crippen molar-refractivity contribution in [2.45, 2.75) is 53.4 Å². The minimum absolute atomic E-state index is 0.0713. The summed E-state index contributed by atoms with van der Waals surface area (Å²) in [6.07, 6.45) is 5.51. The molecule has 0 saturated carbocycles. The van der Waals surface area contributed by atoms with E-state index in [0.717, 1.165) is 17.9 Å². The molecule has 1 aliphatic carbocycles. The summed E-state index contributed by atoms with van der Waals surface area (Å²) in [6.45, 7) is 13.3. The number of hydrogen-bond donors (Lipinski definition) is 0. The molecule has 0 aromatic heterocycles. The van der Waals surface area contributed by atoms with Gasteiger partial charge in [-0.1, -0.05) is 0 Å². The molecule has 0 saturated heterocycles. The Bertz CT molecular complexity index is 684. The van der Waals surface area contributed by atoms with E-state index in [2.05, 4.69) is 65.8 Å². The zero-order chi connectivity index (χ0) is 17.2. The van der Waals surface area contributed by atoms with Crippen molar-refractivity contribution in [3.8, 4) is 11.5 Å². The van der Waals surface area contributed by atoms with Gasteiger partial charge in [-0.25, -0.2) is 0 Å². The van der Waals surface area contributed by atoms with E-state index in [9.17, 15) is 0 Å². The molecule has 0 fully saturated rings. The van der Waals surface area contributed by atoms with E-state index < -0.39 is 17.8 Å². The second-order valence-corrected chi connectivity index (χ2v) is 11.2. The van der Waals surface area contributed by atoms with Crippen LogP contribution in [0.3, 0.4) is 0 Å². The molecule has 3 heteroatoms. The summed E-state index contributed by atoms with van der Waals surface area (Å²) >= 11 is -1.89. The molecular weight excluding hydrogens is 320 g/mol. The Labute approximate surface area is 147 Å². The molecule has 0 unspecified atom stereocenters. The van der Waals surface area contributed by atoms with Gasteiger partial charge in [-0.05, 0) is 0 Å². The van der Waals surface area contributed by atoms with E-state index >= 15 is 0 Å². The molecule has 0 atom stereocenters. The molecule has 1 aromatic carbocycles. The zero-order valence-corrected chi connectivity index (χ0v) is 17.0. The molecule has 124 valence electrons. The maximum atomic E-state index is 6.56. The van der Waals surface area contributed by atoms with Crippen molar-refractivity contribution in [2.75, 3.05) is 7.11 Å². The predicted octanol–water partition coefficient (Wildman–Crippen LogP) is 5.35. The van der Waals surface area contributed by atoms with Gasteiger partial charge in [0.25, 0.3) is 0 Å². The van der Waals surface area contributed by atoms with Gasteiger partial charge in [0.15, 0.2) is 0 Å². The molecule has 0 aliphatic heterocycles. The van der Waals surface area contributed by atoms with Crippen LogP contribution in [0.5, 0.6) is 11.5 Å². The number of rotatable bonds is 4. The summed E-state index contributed by atoms with van der Waals surface area (Å²) in [4.78, 5) is 0. The third-order valence-corrected chi connectivity index (χ3v) is 7.99. The molecule has 1 aliphatic rings. The molecule has 0 amide bonds.